The quantitative estimate of drug-likeness (QED) is 0.356. The molecule has 3 rings (SSSR count). The molecule has 31 heavy (non-hydrogen) atoms. The molecule has 0 radical (unpaired) electrons. The number of β-lactam (4-membered cyclic amide) rings is 1. The van der Waals surface area contributed by atoms with E-state index in [-0.39, 0.29) is 23.8 Å². The van der Waals surface area contributed by atoms with Gasteiger partial charge in [0.2, 0.25) is 6.79 Å². The third-order valence-corrected chi connectivity index (χ3v) is 5.22. The summed E-state index contributed by atoms with van der Waals surface area (Å²) in [6, 6.07) is -1.87. The zero-order valence-electron chi connectivity index (χ0n) is 17.8. The molecule has 0 spiro atoms. The molecule has 0 aromatic heterocycles. The van der Waals surface area contributed by atoms with Crippen molar-refractivity contribution >= 4 is 23.9 Å². The number of nitrogens with zero attached hydrogens (tertiary/aromatic N) is 1. The van der Waals surface area contributed by atoms with Gasteiger partial charge in [-0.05, 0) is 33.3 Å². The monoisotopic (exact) mass is 434 g/mol. The minimum absolute atomic E-state index is 0.0194. The predicted molar refractivity (Wildman–Crippen MR) is 106 cm³/mol. The van der Waals surface area contributed by atoms with E-state index in [1.54, 1.807) is 20.8 Å². The van der Waals surface area contributed by atoms with Crippen LogP contribution in [0.2, 0.25) is 0 Å². The summed E-state index contributed by atoms with van der Waals surface area (Å²) in [6.07, 6.45) is 5.47. The first-order valence-electron chi connectivity index (χ1n) is 9.87. The van der Waals surface area contributed by atoms with Gasteiger partial charge in [0.1, 0.15) is 24.4 Å². The standard InChI is InChI=1S/C21H26N2O8/c1-11-14(18(26)30-10-31-19(27)21(2,3)4)23-15(16(11)24)13(17(23)25)22-20(28)29-9-12-7-5-6-8-12/h5-8,12-13,15-16,24H,9-10H2,1-4H3,(H,22,28)/t13-,15-,16-/m0/s1. The average Bonchev–Trinajstić information content (AvgIpc) is 3.29. The minimum Gasteiger partial charge on any atom is -0.449 e. The SMILES string of the molecule is CC1=C(C(=O)OCOC(=O)C(C)(C)C)N2C(=O)[C@@H](NC(=O)OCC3C=CC=C3)[C@H]2[C@H]1O. The summed E-state index contributed by atoms with van der Waals surface area (Å²) >= 11 is 0. The molecule has 2 N–H and O–H groups in total. The Morgan fingerprint density at radius 1 is 1.13 bits per heavy atom. The third kappa shape index (κ3) is 4.48. The van der Waals surface area contributed by atoms with Crippen LogP contribution in [0.4, 0.5) is 4.79 Å². The number of nitrogens with one attached hydrogen (secondary N) is 1. The molecule has 0 bridgehead atoms. The highest BCUT2D eigenvalue weighted by Gasteiger charge is 2.59. The van der Waals surface area contributed by atoms with E-state index in [0.29, 0.717) is 0 Å². The van der Waals surface area contributed by atoms with Crippen LogP contribution in [0.25, 0.3) is 0 Å². The fraction of sp³-hybridized carbons (Fsp3) is 0.524. The van der Waals surface area contributed by atoms with Crippen LogP contribution in [0.3, 0.4) is 0 Å². The van der Waals surface area contributed by atoms with E-state index in [1.165, 1.54) is 6.92 Å². The summed E-state index contributed by atoms with van der Waals surface area (Å²) in [7, 11) is 0. The number of hydrogen-bond donors (Lipinski definition) is 2. The zero-order chi connectivity index (χ0) is 22.9. The van der Waals surface area contributed by atoms with Gasteiger partial charge in [0.25, 0.3) is 5.91 Å². The average molecular weight is 434 g/mol. The van der Waals surface area contributed by atoms with Crippen LogP contribution < -0.4 is 5.32 Å². The number of esters is 2. The Kier molecular flexibility index (Phi) is 6.21. The van der Waals surface area contributed by atoms with Gasteiger partial charge in [-0.25, -0.2) is 9.59 Å². The van der Waals surface area contributed by atoms with E-state index in [2.05, 4.69) is 5.32 Å². The van der Waals surface area contributed by atoms with Crippen molar-refractivity contribution in [2.45, 2.75) is 45.9 Å². The number of ether oxygens (including phenoxy) is 3. The minimum atomic E-state index is -1.16. The molecule has 0 aromatic rings. The van der Waals surface area contributed by atoms with Gasteiger partial charge >= 0.3 is 18.0 Å². The molecule has 3 aliphatic rings. The van der Waals surface area contributed by atoms with Crippen molar-refractivity contribution in [2.75, 3.05) is 13.4 Å². The highest BCUT2D eigenvalue weighted by atomic mass is 16.7. The van der Waals surface area contributed by atoms with Gasteiger partial charge in [0.15, 0.2) is 0 Å². The third-order valence-electron chi connectivity index (χ3n) is 5.22. The molecule has 1 fully saturated rings. The molecule has 1 aliphatic carbocycles. The number of fused-ring (bicyclic) bond motifs is 1. The smallest absolute Gasteiger partial charge is 0.407 e. The van der Waals surface area contributed by atoms with Crippen molar-refractivity contribution in [3.8, 4) is 0 Å². The fourth-order valence-electron chi connectivity index (χ4n) is 3.44. The Labute approximate surface area is 179 Å². The number of alkyl carbamates (subject to hydrolysis) is 1. The molecule has 0 saturated carbocycles. The summed E-state index contributed by atoms with van der Waals surface area (Å²) in [6.45, 7) is 5.95. The van der Waals surface area contributed by atoms with Crippen LogP contribution in [-0.2, 0) is 28.6 Å². The Morgan fingerprint density at radius 2 is 1.77 bits per heavy atom. The number of rotatable bonds is 6. The maximum absolute atomic E-state index is 12.6. The van der Waals surface area contributed by atoms with Crippen LogP contribution in [0.5, 0.6) is 0 Å². The number of hydrogen-bond acceptors (Lipinski definition) is 8. The van der Waals surface area contributed by atoms with Gasteiger partial charge in [-0.3, -0.25) is 14.5 Å². The first-order chi connectivity index (χ1) is 14.5. The second-order valence-electron chi connectivity index (χ2n) is 8.56. The van der Waals surface area contributed by atoms with E-state index in [1.807, 2.05) is 24.3 Å². The molecule has 168 valence electrons. The van der Waals surface area contributed by atoms with Crippen molar-refractivity contribution in [3.63, 3.8) is 0 Å². The van der Waals surface area contributed by atoms with Crippen molar-refractivity contribution in [1.29, 1.82) is 0 Å². The predicted octanol–water partition coefficient (Wildman–Crippen LogP) is 0.773. The highest BCUT2D eigenvalue weighted by Crippen LogP contribution is 2.39. The zero-order valence-corrected chi connectivity index (χ0v) is 17.8. The molecule has 0 aromatic carbocycles. The van der Waals surface area contributed by atoms with Crippen LogP contribution in [-0.4, -0.2) is 65.5 Å². The second-order valence-corrected chi connectivity index (χ2v) is 8.56. The lowest BCUT2D eigenvalue weighted by molar-refractivity contribution is -0.173. The molecule has 1 saturated heterocycles. The molecule has 10 heteroatoms. The largest absolute Gasteiger partial charge is 0.449 e. The van der Waals surface area contributed by atoms with E-state index in [0.717, 1.165) is 4.90 Å². The van der Waals surface area contributed by atoms with Crippen LogP contribution >= 0.6 is 0 Å². The lowest BCUT2D eigenvalue weighted by Gasteiger charge is -2.44. The molecule has 2 heterocycles. The van der Waals surface area contributed by atoms with Crippen LogP contribution in [0.15, 0.2) is 35.6 Å². The van der Waals surface area contributed by atoms with Crippen molar-refractivity contribution in [1.82, 2.24) is 10.2 Å². The maximum Gasteiger partial charge on any atom is 0.407 e. The molecule has 10 nitrogen and oxygen atoms in total. The van der Waals surface area contributed by atoms with E-state index < -0.39 is 54.3 Å². The van der Waals surface area contributed by atoms with Gasteiger partial charge < -0.3 is 24.6 Å². The number of amides is 2. The Balaban J connectivity index is 1.55. The van der Waals surface area contributed by atoms with E-state index >= 15 is 0 Å². The fourth-order valence-corrected chi connectivity index (χ4v) is 3.44. The Morgan fingerprint density at radius 3 is 2.39 bits per heavy atom. The molecule has 0 unspecified atom stereocenters. The normalized spacial score (nSPS) is 24.7. The van der Waals surface area contributed by atoms with Gasteiger partial charge in [0, 0.05) is 5.92 Å². The number of carbonyl (C=O) groups excluding carboxylic acids is 4. The van der Waals surface area contributed by atoms with E-state index in [4.69, 9.17) is 14.2 Å². The maximum atomic E-state index is 12.6. The Bertz CT molecular complexity index is 870. The summed E-state index contributed by atoms with van der Waals surface area (Å²) in [5.74, 6) is -2.05. The topological polar surface area (TPSA) is 131 Å². The molecule has 3 atom stereocenters. The molecular weight excluding hydrogens is 408 g/mol. The van der Waals surface area contributed by atoms with Crippen LogP contribution in [0.1, 0.15) is 27.7 Å². The second kappa shape index (κ2) is 8.54. The lowest BCUT2D eigenvalue weighted by atomic mass is 9.92. The summed E-state index contributed by atoms with van der Waals surface area (Å²) < 4.78 is 15.0. The van der Waals surface area contributed by atoms with Gasteiger partial charge in [-0.2, -0.15) is 0 Å². The molecule has 2 amide bonds. The number of carbonyl (C=O) groups is 4. The summed E-state index contributed by atoms with van der Waals surface area (Å²) in [5.41, 5.74) is -0.659. The van der Waals surface area contributed by atoms with Gasteiger partial charge in [-0.15, -0.1) is 0 Å². The molecular formula is C21H26N2O8. The van der Waals surface area contributed by atoms with Crippen LogP contribution in [0, 0.1) is 11.3 Å². The number of aliphatic hydroxyl groups excluding tert-OH is 1. The van der Waals surface area contributed by atoms with Gasteiger partial charge in [0.05, 0.1) is 11.5 Å². The Hall–Kier alpha value is -3.14. The van der Waals surface area contributed by atoms with Crippen molar-refractivity contribution in [3.05, 3.63) is 35.6 Å². The first-order valence-corrected chi connectivity index (χ1v) is 9.87. The summed E-state index contributed by atoms with van der Waals surface area (Å²) in [4.78, 5) is 49.9. The highest BCUT2D eigenvalue weighted by molar-refractivity contribution is 6.03. The lowest BCUT2D eigenvalue weighted by Crippen LogP contribution is -2.71. The first kappa shape index (κ1) is 22.5. The van der Waals surface area contributed by atoms with Crippen molar-refractivity contribution in [2.24, 2.45) is 11.3 Å². The molecule has 2 aliphatic heterocycles. The summed E-state index contributed by atoms with van der Waals surface area (Å²) in [5, 5.41) is 12.9. The van der Waals surface area contributed by atoms with Crippen molar-refractivity contribution < 1.29 is 38.5 Å². The number of allylic oxidation sites excluding steroid dienone is 2. The number of aliphatic hydroxyl groups is 1. The van der Waals surface area contributed by atoms with E-state index in [9.17, 15) is 24.3 Å². The van der Waals surface area contributed by atoms with Gasteiger partial charge in [-0.1, -0.05) is 24.3 Å².